The van der Waals surface area contributed by atoms with Gasteiger partial charge < -0.3 is 10.4 Å². The minimum atomic E-state index is -0.676. The van der Waals surface area contributed by atoms with Crippen molar-refractivity contribution in [2.45, 2.75) is 31.7 Å². The number of para-hydroxylation sites is 1. The van der Waals surface area contributed by atoms with Crippen molar-refractivity contribution in [2.24, 2.45) is 5.92 Å². The molecule has 0 amide bonds. The Morgan fingerprint density at radius 1 is 1.20 bits per heavy atom. The lowest BCUT2D eigenvalue weighted by Gasteiger charge is -2.26. The number of hydrogen-bond acceptors (Lipinski definition) is 4. The van der Waals surface area contributed by atoms with E-state index >= 15 is 0 Å². The van der Waals surface area contributed by atoms with E-state index in [1.54, 1.807) is 0 Å². The Kier molecular flexibility index (Phi) is 3.50. The Morgan fingerprint density at radius 3 is 2.70 bits per heavy atom. The summed E-state index contributed by atoms with van der Waals surface area (Å²) in [7, 11) is 0. The number of nitrogens with one attached hydrogen (secondary N) is 1. The van der Waals surface area contributed by atoms with E-state index in [0.717, 1.165) is 36.6 Å². The van der Waals surface area contributed by atoms with Crippen LogP contribution in [0.15, 0.2) is 30.5 Å². The second-order valence-electron chi connectivity index (χ2n) is 5.28. The van der Waals surface area contributed by atoms with Crippen molar-refractivity contribution in [1.82, 2.24) is 9.97 Å². The van der Waals surface area contributed by atoms with Gasteiger partial charge in [0.2, 0.25) is 5.95 Å². The third-order valence-electron chi connectivity index (χ3n) is 3.90. The van der Waals surface area contributed by atoms with E-state index in [9.17, 15) is 4.79 Å². The Hall–Kier alpha value is -2.17. The molecule has 0 unspecified atom stereocenters. The van der Waals surface area contributed by atoms with Crippen molar-refractivity contribution < 1.29 is 9.90 Å². The number of fused-ring (bicyclic) bond motifs is 1. The summed E-state index contributed by atoms with van der Waals surface area (Å²) >= 11 is 0. The Morgan fingerprint density at radius 2 is 1.95 bits per heavy atom. The number of carbonyl (C=O) groups is 1. The highest BCUT2D eigenvalue weighted by atomic mass is 16.4. The average molecular weight is 271 g/mol. The largest absolute Gasteiger partial charge is 0.481 e. The predicted molar refractivity (Wildman–Crippen MR) is 76.5 cm³/mol. The summed E-state index contributed by atoms with van der Waals surface area (Å²) in [6.07, 6.45) is 4.97. The average Bonchev–Trinajstić information content (AvgIpc) is 2.48. The lowest BCUT2D eigenvalue weighted by molar-refractivity contribution is -0.142. The van der Waals surface area contributed by atoms with Crippen LogP contribution in [0.2, 0.25) is 0 Å². The van der Waals surface area contributed by atoms with Crippen LogP contribution in [0.3, 0.4) is 0 Å². The number of nitrogens with zero attached hydrogens (tertiary/aromatic N) is 2. The third kappa shape index (κ3) is 2.71. The summed E-state index contributed by atoms with van der Waals surface area (Å²) in [5.41, 5.74) is 0.921. The van der Waals surface area contributed by atoms with Crippen LogP contribution in [0, 0.1) is 5.92 Å². The SMILES string of the molecule is O=C(O)C1CCC(Nc2ncc3ccccc3n2)CC1. The van der Waals surface area contributed by atoms with E-state index < -0.39 is 5.97 Å². The second-order valence-corrected chi connectivity index (χ2v) is 5.28. The van der Waals surface area contributed by atoms with Gasteiger partial charge in [0, 0.05) is 17.6 Å². The standard InChI is InChI=1S/C15H17N3O2/c19-14(20)10-5-7-12(8-6-10)17-15-16-9-11-3-1-2-4-13(11)18-15/h1-4,9-10,12H,5-8H2,(H,19,20)(H,16,17,18). The predicted octanol–water partition coefficient (Wildman–Crippen LogP) is 2.69. The second kappa shape index (κ2) is 5.45. The maximum atomic E-state index is 10.9. The van der Waals surface area contributed by atoms with Gasteiger partial charge in [0.05, 0.1) is 11.4 Å². The molecule has 104 valence electrons. The Balaban J connectivity index is 1.66. The smallest absolute Gasteiger partial charge is 0.306 e. The molecule has 2 N–H and O–H groups in total. The zero-order chi connectivity index (χ0) is 13.9. The van der Waals surface area contributed by atoms with Gasteiger partial charge in [-0.05, 0) is 31.7 Å². The van der Waals surface area contributed by atoms with Crippen molar-refractivity contribution in [3.8, 4) is 0 Å². The summed E-state index contributed by atoms with van der Waals surface area (Å²) in [5.74, 6) is -0.238. The fraction of sp³-hybridized carbons (Fsp3) is 0.400. The summed E-state index contributed by atoms with van der Waals surface area (Å²) in [4.78, 5) is 19.7. The molecule has 1 aromatic carbocycles. The van der Waals surface area contributed by atoms with E-state index in [-0.39, 0.29) is 12.0 Å². The minimum absolute atomic E-state index is 0.189. The van der Waals surface area contributed by atoms with E-state index in [1.165, 1.54) is 0 Å². The van der Waals surface area contributed by atoms with Gasteiger partial charge in [0.15, 0.2) is 0 Å². The molecule has 1 fully saturated rings. The molecule has 0 atom stereocenters. The van der Waals surface area contributed by atoms with Crippen LogP contribution in [0.25, 0.3) is 10.9 Å². The number of aliphatic carboxylic acids is 1. The van der Waals surface area contributed by atoms with Crippen molar-refractivity contribution in [3.05, 3.63) is 30.5 Å². The van der Waals surface area contributed by atoms with Gasteiger partial charge in [0.25, 0.3) is 0 Å². The summed E-state index contributed by atoms with van der Waals surface area (Å²) < 4.78 is 0. The molecule has 0 aliphatic heterocycles. The topological polar surface area (TPSA) is 75.1 Å². The first-order valence-corrected chi connectivity index (χ1v) is 6.93. The lowest BCUT2D eigenvalue weighted by Crippen LogP contribution is -2.29. The van der Waals surface area contributed by atoms with E-state index in [0.29, 0.717) is 5.95 Å². The Bertz CT molecular complexity index is 621. The highest BCUT2D eigenvalue weighted by Crippen LogP contribution is 2.26. The molecule has 0 spiro atoms. The molecular weight excluding hydrogens is 254 g/mol. The molecule has 20 heavy (non-hydrogen) atoms. The molecule has 0 saturated heterocycles. The van der Waals surface area contributed by atoms with Gasteiger partial charge in [-0.25, -0.2) is 9.97 Å². The molecule has 3 rings (SSSR count). The van der Waals surface area contributed by atoms with E-state index in [2.05, 4.69) is 15.3 Å². The molecule has 1 heterocycles. The van der Waals surface area contributed by atoms with Crippen LogP contribution in [0.4, 0.5) is 5.95 Å². The van der Waals surface area contributed by atoms with E-state index in [4.69, 9.17) is 5.11 Å². The van der Waals surface area contributed by atoms with Crippen LogP contribution in [-0.2, 0) is 4.79 Å². The number of benzene rings is 1. The van der Waals surface area contributed by atoms with Crippen molar-refractivity contribution in [3.63, 3.8) is 0 Å². The first kappa shape index (κ1) is 12.8. The molecular formula is C15H17N3O2. The third-order valence-corrected chi connectivity index (χ3v) is 3.90. The monoisotopic (exact) mass is 271 g/mol. The minimum Gasteiger partial charge on any atom is -0.481 e. The van der Waals surface area contributed by atoms with Crippen molar-refractivity contribution >= 4 is 22.8 Å². The lowest BCUT2D eigenvalue weighted by atomic mass is 9.86. The van der Waals surface area contributed by atoms with Crippen LogP contribution in [0.1, 0.15) is 25.7 Å². The van der Waals surface area contributed by atoms with Gasteiger partial charge in [-0.2, -0.15) is 0 Å². The quantitative estimate of drug-likeness (QED) is 0.897. The summed E-state index contributed by atoms with van der Waals surface area (Å²) in [6.45, 7) is 0. The number of carboxylic acid groups (broad SMARTS) is 1. The number of aromatic nitrogens is 2. The number of carboxylic acids is 1. The molecule has 1 aromatic heterocycles. The first-order valence-electron chi connectivity index (χ1n) is 6.93. The highest BCUT2D eigenvalue weighted by molar-refractivity contribution is 5.78. The fourth-order valence-electron chi connectivity index (χ4n) is 2.71. The van der Waals surface area contributed by atoms with Gasteiger partial charge in [0.1, 0.15) is 0 Å². The van der Waals surface area contributed by atoms with Crippen LogP contribution < -0.4 is 5.32 Å². The highest BCUT2D eigenvalue weighted by Gasteiger charge is 2.26. The van der Waals surface area contributed by atoms with Gasteiger partial charge in [-0.15, -0.1) is 0 Å². The molecule has 1 aliphatic rings. The molecule has 5 nitrogen and oxygen atoms in total. The zero-order valence-electron chi connectivity index (χ0n) is 11.1. The maximum Gasteiger partial charge on any atom is 0.306 e. The van der Waals surface area contributed by atoms with Gasteiger partial charge in [-0.3, -0.25) is 4.79 Å². The normalized spacial score (nSPS) is 22.6. The number of anilines is 1. The zero-order valence-corrected chi connectivity index (χ0v) is 11.1. The maximum absolute atomic E-state index is 10.9. The van der Waals surface area contributed by atoms with Gasteiger partial charge in [-0.1, -0.05) is 18.2 Å². The molecule has 0 radical (unpaired) electrons. The fourth-order valence-corrected chi connectivity index (χ4v) is 2.71. The summed E-state index contributed by atoms with van der Waals surface area (Å²) in [6, 6.07) is 8.14. The van der Waals surface area contributed by atoms with Crippen LogP contribution >= 0.6 is 0 Å². The number of rotatable bonds is 3. The molecule has 5 heteroatoms. The van der Waals surface area contributed by atoms with Crippen molar-refractivity contribution in [1.29, 1.82) is 0 Å². The van der Waals surface area contributed by atoms with Crippen LogP contribution in [0.5, 0.6) is 0 Å². The Labute approximate surface area is 117 Å². The summed E-state index contributed by atoms with van der Waals surface area (Å²) in [5, 5.41) is 13.3. The van der Waals surface area contributed by atoms with Crippen LogP contribution in [-0.4, -0.2) is 27.1 Å². The first-order chi connectivity index (χ1) is 9.72. The molecule has 1 saturated carbocycles. The van der Waals surface area contributed by atoms with Gasteiger partial charge >= 0.3 is 5.97 Å². The molecule has 2 aromatic rings. The van der Waals surface area contributed by atoms with Crippen molar-refractivity contribution in [2.75, 3.05) is 5.32 Å². The molecule has 1 aliphatic carbocycles. The number of hydrogen-bond donors (Lipinski definition) is 2. The van der Waals surface area contributed by atoms with E-state index in [1.807, 2.05) is 30.5 Å². The molecule has 0 bridgehead atoms.